The number of rotatable bonds is 10. The Hall–Kier alpha value is -1.67. The lowest BCUT2D eigenvalue weighted by Gasteiger charge is -2.40. The molecule has 0 spiro atoms. The fourth-order valence-corrected chi connectivity index (χ4v) is 3.68. The number of carbonyl (C=O) groups is 1. The number of phosphoric ester groups is 2. The number of nitrogens with zero attached hydrogens (tertiary/aromatic N) is 1. The Bertz CT molecular complexity index is 1030. The summed E-state index contributed by atoms with van der Waals surface area (Å²) in [6.07, 6.45) is -10.8. The minimum atomic E-state index is -5.73. The second-order valence-electron chi connectivity index (χ2n) is 6.67. The Morgan fingerprint density at radius 1 is 1.11 bits per heavy atom. The summed E-state index contributed by atoms with van der Waals surface area (Å²) in [4.78, 5) is 75.9. The van der Waals surface area contributed by atoms with Crippen molar-refractivity contribution in [1.29, 1.82) is 0 Å². The quantitative estimate of drug-likeness (QED) is 0.116. The number of aromatic amines is 1. The van der Waals surface area contributed by atoms with Gasteiger partial charge in [0.1, 0.15) is 36.6 Å². The Labute approximate surface area is 194 Å². The highest BCUT2D eigenvalue weighted by atomic mass is 31.2. The minimum Gasteiger partial charge on any atom is -0.790 e. The monoisotopic (exact) mass is 550 g/mol. The summed E-state index contributed by atoms with van der Waals surface area (Å²) in [5.74, 6) is 0. The fourth-order valence-electron chi connectivity index (χ4n) is 2.65. The van der Waals surface area contributed by atoms with Crippen LogP contribution in [0.1, 0.15) is 6.23 Å². The molecule has 7 atom stereocenters. The SMILES string of the molecule is O=C[C@@H](OP(=O)([O-])[O-])[C@H](OP(=O)([O-])[O-])[C@H](O)CO.O=c1ccn([C@@H]2O[C@H](CO)[C@@H](O)[C@H]2O)c(=O)[nH]1. The number of H-pyrrole nitrogens is 1. The molecule has 1 saturated heterocycles. The van der Waals surface area contributed by atoms with Crippen LogP contribution in [0.5, 0.6) is 0 Å². The van der Waals surface area contributed by atoms with Gasteiger partial charge in [-0.3, -0.25) is 14.3 Å². The van der Waals surface area contributed by atoms with Crippen LogP contribution in [0, 0.1) is 0 Å². The molecule has 0 aliphatic carbocycles. The Balaban J connectivity index is 0.000000350. The van der Waals surface area contributed by atoms with Crippen LogP contribution in [-0.2, 0) is 27.7 Å². The van der Waals surface area contributed by atoms with Gasteiger partial charge in [0.15, 0.2) is 12.5 Å². The van der Waals surface area contributed by atoms with Crippen LogP contribution in [0.25, 0.3) is 0 Å². The molecule has 0 saturated carbocycles. The number of phosphoric acid groups is 2. The minimum absolute atomic E-state index is 0.373. The number of hydrogen-bond donors (Lipinski definition) is 6. The van der Waals surface area contributed by atoms with Crippen LogP contribution in [-0.4, -0.2) is 91.2 Å². The van der Waals surface area contributed by atoms with Crippen molar-refractivity contribution in [3.8, 4) is 0 Å². The largest absolute Gasteiger partial charge is 0.790 e. The lowest BCUT2D eigenvalue weighted by molar-refractivity contribution is -0.356. The van der Waals surface area contributed by atoms with Crippen molar-refractivity contribution in [2.45, 2.75) is 42.9 Å². The second kappa shape index (κ2) is 13.0. The van der Waals surface area contributed by atoms with E-state index in [0.29, 0.717) is 0 Å². The first-order valence-corrected chi connectivity index (χ1v) is 12.1. The molecule has 1 aromatic rings. The standard InChI is InChI=1S/C9H12N2O6.C5H12O11P2/c12-3-4-6(14)7(15)8(17-4)11-2-1-5(13)10-9(11)16;6-1-3(8)5(16-18(12,13)14)4(2-7)15-17(9,10)11/h1-2,4,6-8,12,14-15H,3H2,(H,10,13,16);2-6,8H,1H2,(H2,9,10,11)(H2,12,13,14)/p-4/t4-,6-,7-,8-;3-,4-,5-/m11/s1. The first kappa shape index (κ1) is 31.4. The molecule has 2 rings (SSSR count). The van der Waals surface area contributed by atoms with Crippen molar-refractivity contribution in [2.24, 2.45) is 0 Å². The van der Waals surface area contributed by atoms with E-state index >= 15 is 0 Å². The molecule has 0 radical (unpaired) electrons. The van der Waals surface area contributed by atoms with Gasteiger partial charge in [0, 0.05) is 12.3 Å². The summed E-state index contributed by atoms with van der Waals surface area (Å²) >= 11 is 0. The van der Waals surface area contributed by atoms with Crippen LogP contribution in [0.4, 0.5) is 0 Å². The normalized spacial score (nSPS) is 25.3. The van der Waals surface area contributed by atoms with Crippen LogP contribution in [0.3, 0.4) is 0 Å². The van der Waals surface area contributed by atoms with Gasteiger partial charge in [-0.25, -0.2) is 4.79 Å². The van der Waals surface area contributed by atoms with Gasteiger partial charge in [-0.2, -0.15) is 0 Å². The van der Waals surface area contributed by atoms with E-state index in [1.54, 1.807) is 0 Å². The molecule has 21 heteroatoms. The Morgan fingerprint density at radius 2 is 1.69 bits per heavy atom. The predicted molar refractivity (Wildman–Crippen MR) is 98.4 cm³/mol. The zero-order chi connectivity index (χ0) is 27.1. The Kier molecular flexibility index (Phi) is 11.7. The number of aldehydes is 1. The molecule has 0 unspecified atom stereocenters. The summed E-state index contributed by atoms with van der Waals surface area (Å²) in [5.41, 5.74) is -1.33. The van der Waals surface area contributed by atoms with E-state index in [1.165, 1.54) is 0 Å². The zero-order valence-corrected chi connectivity index (χ0v) is 19.0. The molecule has 1 fully saturated rings. The average molecular weight is 550 g/mol. The molecule has 0 aromatic carbocycles. The molecule has 1 aliphatic rings. The van der Waals surface area contributed by atoms with E-state index in [9.17, 15) is 53.3 Å². The van der Waals surface area contributed by atoms with Crippen molar-refractivity contribution in [1.82, 2.24) is 9.55 Å². The maximum Gasteiger partial charge on any atom is 0.330 e. The number of ether oxygens (including phenoxy) is 1. The number of carbonyl (C=O) groups excluding carboxylic acids is 1. The van der Waals surface area contributed by atoms with Gasteiger partial charge < -0.3 is 72.8 Å². The van der Waals surface area contributed by atoms with E-state index in [1.807, 2.05) is 4.98 Å². The maximum absolute atomic E-state index is 11.4. The summed E-state index contributed by atoms with van der Waals surface area (Å²) in [6.45, 7) is -1.66. The molecule has 0 bridgehead atoms. The first-order chi connectivity index (χ1) is 16.0. The maximum atomic E-state index is 11.4. The highest BCUT2D eigenvalue weighted by Crippen LogP contribution is 2.34. The van der Waals surface area contributed by atoms with Crippen LogP contribution < -0.4 is 30.8 Å². The number of hydrogen-bond acceptors (Lipinski definition) is 17. The van der Waals surface area contributed by atoms with Gasteiger partial charge >= 0.3 is 5.69 Å². The van der Waals surface area contributed by atoms with Crippen molar-refractivity contribution >= 4 is 21.9 Å². The molecule has 0 amide bonds. The van der Waals surface area contributed by atoms with Gasteiger partial charge in [-0.15, -0.1) is 0 Å². The molecular formula is C14H20N2O17P2-4. The molecule has 202 valence electrons. The smallest absolute Gasteiger partial charge is 0.330 e. The van der Waals surface area contributed by atoms with Crippen LogP contribution >= 0.6 is 15.6 Å². The Morgan fingerprint density at radius 3 is 2.09 bits per heavy atom. The topological polar surface area (TPSA) is 327 Å². The summed E-state index contributed by atoms with van der Waals surface area (Å²) in [6, 6.07) is 1.09. The predicted octanol–water partition coefficient (Wildman–Crippen LogP) is -7.89. The lowest BCUT2D eigenvalue weighted by Crippen LogP contribution is -2.45. The molecule has 6 N–H and O–H groups in total. The molecule has 1 aliphatic heterocycles. The molecule has 1 aromatic heterocycles. The van der Waals surface area contributed by atoms with E-state index in [2.05, 4.69) is 9.05 Å². The van der Waals surface area contributed by atoms with Crippen molar-refractivity contribution in [2.75, 3.05) is 13.2 Å². The van der Waals surface area contributed by atoms with Crippen LogP contribution in [0.15, 0.2) is 21.9 Å². The third-order valence-corrected chi connectivity index (χ3v) is 5.17. The summed E-state index contributed by atoms with van der Waals surface area (Å²) in [7, 11) is -11.4. The number of aliphatic hydroxyl groups excluding tert-OH is 5. The zero-order valence-electron chi connectivity index (χ0n) is 17.2. The molecule has 35 heavy (non-hydrogen) atoms. The number of nitrogens with one attached hydrogen (secondary N) is 1. The van der Waals surface area contributed by atoms with Gasteiger partial charge in [0.2, 0.25) is 0 Å². The van der Waals surface area contributed by atoms with Crippen molar-refractivity contribution in [3.05, 3.63) is 33.1 Å². The average Bonchev–Trinajstić information content (AvgIpc) is 3.03. The van der Waals surface area contributed by atoms with Crippen molar-refractivity contribution < 1.29 is 72.8 Å². The van der Waals surface area contributed by atoms with Crippen LogP contribution in [0.2, 0.25) is 0 Å². The van der Waals surface area contributed by atoms with Crippen molar-refractivity contribution in [3.63, 3.8) is 0 Å². The van der Waals surface area contributed by atoms with Gasteiger partial charge in [-0.1, -0.05) is 0 Å². The number of aliphatic hydroxyl groups is 5. The lowest BCUT2D eigenvalue weighted by atomic mass is 10.1. The second-order valence-corrected chi connectivity index (χ2v) is 8.88. The van der Waals surface area contributed by atoms with E-state index < -0.39 is 83.0 Å². The molecular weight excluding hydrogens is 530 g/mol. The van der Waals surface area contributed by atoms with E-state index in [-0.39, 0.29) is 6.29 Å². The van der Waals surface area contributed by atoms with E-state index in [0.717, 1.165) is 16.8 Å². The van der Waals surface area contributed by atoms with Gasteiger partial charge in [0.05, 0.1) is 28.9 Å². The third kappa shape index (κ3) is 9.71. The summed E-state index contributed by atoms with van der Waals surface area (Å²) < 4.78 is 33.9. The molecule has 19 nitrogen and oxygen atoms in total. The van der Waals surface area contributed by atoms with Gasteiger partial charge in [0.25, 0.3) is 5.56 Å². The molecule has 2 heterocycles. The highest BCUT2D eigenvalue weighted by molar-refractivity contribution is 7.43. The summed E-state index contributed by atoms with van der Waals surface area (Å²) in [5, 5.41) is 45.7. The first-order valence-electron chi connectivity index (χ1n) is 9.13. The fraction of sp³-hybridized carbons (Fsp3) is 0.643. The van der Waals surface area contributed by atoms with Gasteiger partial charge in [-0.05, 0) is 0 Å². The number of aromatic nitrogens is 2. The third-order valence-electron chi connectivity index (χ3n) is 4.17. The highest BCUT2D eigenvalue weighted by Gasteiger charge is 2.43. The van der Waals surface area contributed by atoms with E-state index in [4.69, 9.17) is 20.1 Å².